The lowest BCUT2D eigenvalue weighted by molar-refractivity contribution is 0.147. The van der Waals surface area contributed by atoms with Crippen LogP contribution in [0.15, 0.2) is 30.6 Å². The Labute approximate surface area is 94.0 Å². The molecule has 0 aliphatic rings. The van der Waals surface area contributed by atoms with E-state index >= 15 is 0 Å². The fourth-order valence-corrected chi connectivity index (χ4v) is 1.53. The summed E-state index contributed by atoms with van der Waals surface area (Å²) in [5.41, 5.74) is 6.66. The van der Waals surface area contributed by atoms with Crippen LogP contribution >= 0.6 is 0 Å². The number of benzene rings is 1. The molecule has 0 saturated carbocycles. The summed E-state index contributed by atoms with van der Waals surface area (Å²) in [7, 11) is 1.64. The minimum Gasteiger partial charge on any atom is -0.489 e. The second-order valence-electron chi connectivity index (χ2n) is 3.42. The number of nitrogens with two attached hydrogens (primary N) is 1. The minimum absolute atomic E-state index is 0.497. The highest BCUT2D eigenvalue weighted by atomic mass is 16.5. The summed E-state index contributed by atoms with van der Waals surface area (Å²) in [6.07, 6.45) is 3.50. The third-order valence-corrected chi connectivity index (χ3v) is 2.37. The number of aromatic nitrogens is 1. The molecule has 2 N–H and O–H groups in total. The number of nitrogen functional groups attached to an aromatic ring is 1. The zero-order valence-electron chi connectivity index (χ0n) is 9.14. The number of pyridine rings is 1. The van der Waals surface area contributed by atoms with E-state index in [1.165, 1.54) is 0 Å². The van der Waals surface area contributed by atoms with Gasteiger partial charge < -0.3 is 15.2 Å². The average Bonchev–Trinajstić information content (AvgIpc) is 2.33. The lowest BCUT2D eigenvalue weighted by atomic mass is 10.1. The largest absolute Gasteiger partial charge is 0.489 e. The highest BCUT2D eigenvalue weighted by Crippen LogP contribution is 2.29. The maximum absolute atomic E-state index is 6.01. The van der Waals surface area contributed by atoms with Gasteiger partial charge in [-0.3, -0.25) is 4.98 Å². The molecule has 0 unspecified atom stereocenters. The molecule has 0 spiro atoms. The molecule has 1 heterocycles. The fraction of sp³-hybridized carbons (Fsp3) is 0.250. The van der Waals surface area contributed by atoms with Crippen molar-refractivity contribution in [1.29, 1.82) is 0 Å². The number of rotatable bonds is 4. The molecule has 0 aliphatic heterocycles. The van der Waals surface area contributed by atoms with Crippen LogP contribution in [0, 0.1) is 0 Å². The van der Waals surface area contributed by atoms with Gasteiger partial charge in [0.2, 0.25) is 0 Å². The normalized spacial score (nSPS) is 10.6. The quantitative estimate of drug-likeness (QED) is 0.628. The lowest BCUT2D eigenvalue weighted by Crippen LogP contribution is -2.06. The standard InChI is InChI=1S/C12H14N2O2/c1-15-6-7-16-11-3-2-9-8-14-5-4-10(9)12(11)13/h2-5,8H,6-7,13H2,1H3. The number of fused-ring (bicyclic) bond motifs is 1. The van der Waals surface area contributed by atoms with Gasteiger partial charge in [-0.1, -0.05) is 0 Å². The first kappa shape index (κ1) is 10.7. The van der Waals surface area contributed by atoms with Gasteiger partial charge in [0, 0.05) is 30.3 Å². The third kappa shape index (κ3) is 2.06. The summed E-state index contributed by atoms with van der Waals surface area (Å²) in [5.74, 6) is 0.691. The zero-order chi connectivity index (χ0) is 11.4. The van der Waals surface area contributed by atoms with Crippen molar-refractivity contribution in [2.75, 3.05) is 26.1 Å². The second-order valence-corrected chi connectivity index (χ2v) is 3.42. The van der Waals surface area contributed by atoms with Gasteiger partial charge in [0.15, 0.2) is 0 Å². The molecule has 4 nitrogen and oxygen atoms in total. The summed E-state index contributed by atoms with van der Waals surface area (Å²) >= 11 is 0. The van der Waals surface area contributed by atoms with Crippen LogP contribution in [0.3, 0.4) is 0 Å². The number of anilines is 1. The van der Waals surface area contributed by atoms with Gasteiger partial charge in [-0.2, -0.15) is 0 Å². The highest BCUT2D eigenvalue weighted by molar-refractivity contribution is 5.95. The number of nitrogens with zero attached hydrogens (tertiary/aromatic N) is 1. The Hall–Kier alpha value is -1.81. The topological polar surface area (TPSA) is 57.4 Å². The SMILES string of the molecule is COCCOc1ccc2cnccc2c1N. The van der Waals surface area contributed by atoms with Crippen LogP contribution in [0.5, 0.6) is 5.75 Å². The van der Waals surface area contributed by atoms with Crippen LogP contribution < -0.4 is 10.5 Å². The van der Waals surface area contributed by atoms with Crippen molar-refractivity contribution in [3.63, 3.8) is 0 Å². The molecule has 0 fully saturated rings. The third-order valence-electron chi connectivity index (χ3n) is 2.37. The predicted octanol–water partition coefficient (Wildman–Crippen LogP) is 1.84. The lowest BCUT2D eigenvalue weighted by Gasteiger charge is -2.10. The monoisotopic (exact) mass is 218 g/mol. The van der Waals surface area contributed by atoms with Crippen molar-refractivity contribution >= 4 is 16.5 Å². The van der Waals surface area contributed by atoms with Crippen LogP contribution in [-0.2, 0) is 4.74 Å². The molecule has 0 saturated heterocycles. The molecule has 1 aromatic carbocycles. The van der Waals surface area contributed by atoms with Crippen LogP contribution in [0.4, 0.5) is 5.69 Å². The Morgan fingerprint density at radius 1 is 1.25 bits per heavy atom. The predicted molar refractivity (Wildman–Crippen MR) is 63.5 cm³/mol. The number of methoxy groups -OCH3 is 1. The maximum Gasteiger partial charge on any atom is 0.142 e. The minimum atomic E-state index is 0.497. The Morgan fingerprint density at radius 2 is 2.12 bits per heavy atom. The average molecular weight is 218 g/mol. The summed E-state index contributed by atoms with van der Waals surface area (Å²) in [5, 5.41) is 1.98. The molecule has 84 valence electrons. The van der Waals surface area contributed by atoms with Crippen molar-refractivity contribution in [2.45, 2.75) is 0 Å². The Balaban J connectivity index is 2.29. The molecule has 0 atom stereocenters. The van der Waals surface area contributed by atoms with Crippen molar-refractivity contribution in [3.8, 4) is 5.75 Å². The molecule has 4 heteroatoms. The van der Waals surface area contributed by atoms with Crippen molar-refractivity contribution in [2.24, 2.45) is 0 Å². The van der Waals surface area contributed by atoms with E-state index in [9.17, 15) is 0 Å². The highest BCUT2D eigenvalue weighted by Gasteiger charge is 2.04. The zero-order valence-corrected chi connectivity index (χ0v) is 9.14. The van der Waals surface area contributed by atoms with E-state index in [-0.39, 0.29) is 0 Å². The van der Waals surface area contributed by atoms with E-state index < -0.39 is 0 Å². The van der Waals surface area contributed by atoms with E-state index in [0.717, 1.165) is 10.8 Å². The molecule has 0 aliphatic carbocycles. The van der Waals surface area contributed by atoms with Gasteiger partial charge in [-0.15, -0.1) is 0 Å². The maximum atomic E-state index is 6.01. The first-order chi connectivity index (χ1) is 7.83. The molecule has 0 amide bonds. The van der Waals surface area contributed by atoms with Crippen molar-refractivity contribution in [3.05, 3.63) is 30.6 Å². The van der Waals surface area contributed by atoms with Gasteiger partial charge >= 0.3 is 0 Å². The summed E-state index contributed by atoms with van der Waals surface area (Å²) in [6, 6.07) is 5.68. The molecule has 0 bridgehead atoms. The van der Waals surface area contributed by atoms with Crippen molar-refractivity contribution in [1.82, 2.24) is 4.98 Å². The second kappa shape index (κ2) is 4.81. The van der Waals surface area contributed by atoms with Crippen LogP contribution in [-0.4, -0.2) is 25.3 Å². The number of hydrogen-bond acceptors (Lipinski definition) is 4. The van der Waals surface area contributed by atoms with E-state index in [1.807, 2.05) is 18.2 Å². The van der Waals surface area contributed by atoms with Gasteiger partial charge in [-0.25, -0.2) is 0 Å². The van der Waals surface area contributed by atoms with E-state index in [4.69, 9.17) is 15.2 Å². The Bertz CT molecular complexity index is 485. The van der Waals surface area contributed by atoms with Crippen LogP contribution in [0.1, 0.15) is 0 Å². The molecule has 0 radical (unpaired) electrons. The van der Waals surface area contributed by atoms with Crippen LogP contribution in [0.25, 0.3) is 10.8 Å². The molecule has 1 aromatic heterocycles. The molecule has 2 rings (SSSR count). The Kier molecular flexibility index (Phi) is 3.22. The fourth-order valence-electron chi connectivity index (χ4n) is 1.53. The van der Waals surface area contributed by atoms with E-state index in [2.05, 4.69) is 4.98 Å². The summed E-state index contributed by atoms with van der Waals surface area (Å²) in [4.78, 5) is 4.04. The first-order valence-electron chi connectivity index (χ1n) is 5.07. The van der Waals surface area contributed by atoms with Gasteiger partial charge in [-0.05, 0) is 18.2 Å². The molecule has 2 aromatic rings. The smallest absolute Gasteiger partial charge is 0.142 e. The number of hydrogen-bond donors (Lipinski definition) is 1. The summed E-state index contributed by atoms with van der Waals surface area (Å²) in [6.45, 7) is 1.05. The Morgan fingerprint density at radius 3 is 2.94 bits per heavy atom. The molecule has 16 heavy (non-hydrogen) atoms. The number of ether oxygens (including phenoxy) is 2. The van der Waals surface area contributed by atoms with E-state index in [0.29, 0.717) is 24.7 Å². The van der Waals surface area contributed by atoms with Crippen LogP contribution in [0.2, 0.25) is 0 Å². The van der Waals surface area contributed by atoms with Gasteiger partial charge in [0.05, 0.1) is 12.3 Å². The molecular formula is C12H14N2O2. The van der Waals surface area contributed by atoms with Gasteiger partial charge in [0.25, 0.3) is 0 Å². The van der Waals surface area contributed by atoms with E-state index in [1.54, 1.807) is 19.5 Å². The van der Waals surface area contributed by atoms with Crippen molar-refractivity contribution < 1.29 is 9.47 Å². The van der Waals surface area contributed by atoms with Gasteiger partial charge in [0.1, 0.15) is 12.4 Å². The first-order valence-corrected chi connectivity index (χ1v) is 5.07. The summed E-state index contributed by atoms with van der Waals surface area (Å²) < 4.78 is 10.4. The molecular weight excluding hydrogens is 204 g/mol.